The minimum atomic E-state index is 0.652. The van der Waals surface area contributed by atoms with Crippen molar-refractivity contribution in [1.29, 1.82) is 0 Å². The summed E-state index contributed by atoms with van der Waals surface area (Å²) in [6, 6.07) is 4.00. The number of hydrogen-bond donors (Lipinski definition) is 1. The molecule has 2 aromatic heterocycles. The molecule has 0 atom stereocenters. The van der Waals surface area contributed by atoms with Crippen molar-refractivity contribution in [2.24, 2.45) is 5.92 Å². The van der Waals surface area contributed by atoms with E-state index in [1.165, 1.54) is 0 Å². The predicted octanol–water partition coefficient (Wildman–Crippen LogP) is 3.71. The van der Waals surface area contributed by atoms with Crippen LogP contribution >= 0.6 is 27.3 Å². The summed E-state index contributed by atoms with van der Waals surface area (Å²) in [6.45, 7) is 6.19. The van der Waals surface area contributed by atoms with Gasteiger partial charge in [-0.25, -0.2) is 9.97 Å². The molecule has 0 radical (unpaired) electrons. The monoisotopic (exact) mass is 325 g/mol. The summed E-state index contributed by atoms with van der Waals surface area (Å²) < 4.78 is 1.08. The molecular weight excluding hydrogens is 310 g/mol. The van der Waals surface area contributed by atoms with Gasteiger partial charge in [-0.3, -0.25) is 0 Å². The molecule has 0 aromatic carbocycles. The highest BCUT2D eigenvalue weighted by Gasteiger charge is 2.05. The molecular formula is C13H16BrN3S. The summed E-state index contributed by atoms with van der Waals surface area (Å²) in [4.78, 5) is 9.98. The van der Waals surface area contributed by atoms with Crippen LogP contribution < -0.4 is 5.32 Å². The van der Waals surface area contributed by atoms with E-state index in [-0.39, 0.29) is 0 Å². The molecule has 0 saturated carbocycles. The Bertz CT molecular complexity index is 510. The maximum atomic E-state index is 4.57. The van der Waals surface area contributed by atoms with Gasteiger partial charge in [0.15, 0.2) is 5.82 Å². The SMILES string of the molecule is CC(C)CNCc1ccnc(-c2cc(Br)cs2)n1. The molecule has 0 spiro atoms. The molecule has 0 bridgehead atoms. The molecule has 2 rings (SSSR count). The van der Waals surface area contributed by atoms with Crippen LogP contribution in [0.1, 0.15) is 19.5 Å². The first-order valence-corrected chi connectivity index (χ1v) is 7.59. The molecule has 0 aliphatic rings. The van der Waals surface area contributed by atoms with E-state index in [1.54, 1.807) is 11.3 Å². The van der Waals surface area contributed by atoms with Crippen LogP contribution in [0, 0.1) is 5.92 Å². The van der Waals surface area contributed by atoms with Crippen molar-refractivity contribution >= 4 is 27.3 Å². The van der Waals surface area contributed by atoms with Crippen molar-refractivity contribution in [2.75, 3.05) is 6.54 Å². The van der Waals surface area contributed by atoms with Gasteiger partial charge in [0.2, 0.25) is 0 Å². The molecule has 2 aromatic rings. The van der Waals surface area contributed by atoms with E-state index < -0.39 is 0 Å². The first-order chi connectivity index (χ1) is 8.65. The second-order valence-corrected chi connectivity index (χ2v) is 6.35. The fourth-order valence-electron chi connectivity index (χ4n) is 1.53. The molecule has 0 unspecified atom stereocenters. The van der Waals surface area contributed by atoms with Crippen LogP contribution in [-0.4, -0.2) is 16.5 Å². The Hall–Kier alpha value is -0.780. The number of nitrogens with one attached hydrogen (secondary N) is 1. The highest BCUT2D eigenvalue weighted by molar-refractivity contribution is 9.10. The highest BCUT2D eigenvalue weighted by atomic mass is 79.9. The zero-order valence-electron chi connectivity index (χ0n) is 10.5. The fourth-order valence-corrected chi connectivity index (χ4v) is 2.90. The van der Waals surface area contributed by atoms with Crippen LogP contribution in [0.15, 0.2) is 28.2 Å². The Morgan fingerprint density at radius 3 is 2.94 bits per heavy atom. The Balaban J connectivity index is 2.05. The Morgan fingerprint density at radius 1 is 1.44 bits per heavy atom. The summed E-state index contributed by atoms with van der Waals surface area (Å²) in [5.41, 5.74) is 1.03. The number of rotatable bonds is 5. The van der Waals surface area contributed by atoms with E-state index in [0.29, 0.717) is 5.92 Å². The van der Waals surface area contributed by atoms with Gasteiger partial charge >= 0.3 is 0 Å². The van der Waals surface area contributed by atoms with Crippen molar-refractivity contribution in [3.63, 3.8) is 0 Å². The lowest BCUT2D eigenvalue weighted by atomic mass is 10.2. The largest absolute Gasteiger partial charge is 0.311 e. The van der Waals surface area contributed by atoms with Gasteiger partial charge in [-0.1, -0.05) is 13.8 Å². The van der Waals surface area contributed by atoms with Crippen LogP contribution in [0.5, 0.6) is 0 Å². The third-order valence-corrected chi connectivity index (χ3v) is 4.05. The van der Waals surface area contributed by atoms with Gasteiger partial charge in [0.05, 0.1) is 10.6 Å². The van der Waals surface area contributed by atoms with Gasteiger partial charge in [0.1, 0.15) is 0 Å². The summed E-state index contributed by atoms with van der Waals surface area (Å²) in [7, 11) is 0. The number of hydrogen-bond acceptors (Lipinski definition) is 4. The Kier molecular flexibility index (Phi) is 4.86. The van der Waals surface area contributed by atoms with E-state index in [9.17, 15) is 0 Å². The molecule has 5 heteroatoms. The Labute approximate surface area is 120 Å². The zero-order valence-corrected chi connectivity index (χ0v) is 12.9. The van der Waals surface area contributed by atoms with Crippen molar-refractivity contribution in [3.05, 3.63) is 33.9 Å². The van der Waals surface area contributed by atoms with Crippen molar-refractivity contribution in [1.82, 2.24) is 15.3 Å². The van der Waals surface area contributed by atoms with Gasteiger partial charge < -0.3 is 5.32 Å². The lowest BCUT2D eigenvalue weighted by Crippen LogP contribution is -2.19. The van der Waals surface area contributed by atoms with E-state index in [2.05, 4.69) is 45.1 Å². The van der Waals surface area contributed by atoms with Gasteiger partial charge in [-0.2, -0.15) is 0 Å². The summed E-state index contributed by atoms with van der Waals surface area (Å²) in [6.07, 6.45) is 1.82. The molecule has 0 saturated heterocycles. The van der Waals surface area contributed by atoms with Gasteiger partial charge in [0.25, 0.3) is 0 Å². The first-order valence-electron chi connectivity index (χ1n) is 5.92. The second-order valence-electron chi connectivity index (χ2n) is 4.53. The van der Waals surface area contributed by atoms with Crippen LogP contribution in [0.2, 0.25) is 0 Å². The molecule has 96 valence electrons. The minimum Gasteiger partial charge on any atom is -0.311 e. The van der Waals surface area contributed by atoms with E-state index in [1.807, 2.05) is 23.7 Å². The molecule has 0 aliphatic carbocycles. The zero-order chi connectivity index (χ0) is 13.0. The maximum absolute atomic E-state index is 4.57. The van der Waals surface area contributed by atoms with Crippen molar-refractivity contribution in [2.45, 2.75) is 20.4 Å². The lowest BCUT2D eigenvalue weighted by Gasteiger charge is -2.07. The van der Waals surface area contributed by atoms with Gasteiger partial charge in [-0.05, 0) is 40.5 Å². The molecule has 2 heterocycles. The van der Waals surface area contributed by atoms with Crippen molar-refractivity contribution in [3.8, 4) is 10.7 Å². The highest BCUT2D eigenvalue weighted by Crippen LogP contribution is 2.27. The molecule has 0 aliphatic heterocycles. The predicted molar refractivity (Wildman–Crippen MR) is 79.6 cm³/mol. The molecule has 18 heavy (non-hydrogen) atoms. The number of nitrogens with zero attached hydrogens (tertiary/aromatic N) is 2. The van der Waals surface area contributed by atoms with E-state index in [4.69, 9.17) is 0 Å². The maximum Gasteiger partial charge on any atom is 0.169 e. The topological polar surface area (TPSA) is 37.8 Å². The van der Waals surface area contributed by atoms with E-state index >= 15 is 0 Å². The summed E-state index contributed by atoms with van der Waals surface area (Å²) >= 11 is 5.10. The Morgan fingerprint density at radius 2 is 2.28 bits per heavy atom. The smallest absolute Gasteiger partial charge is 0.169 e. The average molecular weight is 326 g/mol. The first kappa shape index (κ1) is 13.6. The molecule has 1 N–H and O–H groups in total. The van der Waals surface area contributed by atoms with Gasteiger partial charge in [0, 0.05) is 22.6 Å². The van der Waals surface area contributed by atoms with Crippen molar-refractivity contribution < 1.29 is 0 Å². The summed E-state index contributed by atoms with van der Waals surface area (Å²) in [5.74, 6) is 1.45. The van der Waals surface area contributed by atoms with E-state index in [0.717, 1.165) is 34.0 Å². The van der Waals surface area contributed by atoms with Crippen LogP contribution in [0.4, 0.5) is 0 Å². The van der Waals surface area contributed by atoms with Crippen LogP contribution in [0.25, 0.3) is 10.7 Å². The number of halogens is 1. The fraction of sp³-hybridized carbons (Fsp3) is 0.385. The third kappa shape index (κ3) is 3.86. The third-order valence-electron chi connectivity index (χ3n) is 2.36. The minimum absolute atomic E-state index is 0.652. The quantitative estimate of drug-likeness (QED) is 0.910. The normalized spacial score (nSPS) is 11.1. The second kappa shape index (κ2) is 6.41. The molecule has 0 fully saturated rings. The van der Waals surface area contributed by atoms with Gasteiger partial charge in [-0.15, -0.1) is 11.3 Å². The average Bonchev–Trinajstić information content (AvgIpc) is 2.76. The molecule has 0 amide bonds. The van der Waals surface area contributed by atoms with Crippen LogP contribution in [-0.2, 0) is 6.54 Å². The summed E-state index contributed by atoms with van der Waals surface area (Å²) in [5, 5.41) is 5.43. The number of thiophene rings is 1. The standard InChI is InChI=1S/C13H16BrN3S/c1-9(2)6-15-7-11-3-4-16-13(17-11)12-5-10(14)8-18-12/h3-5,8-9,15H,6-7H2,1-2H3. The molecule has 3 nitrogen and oxygen atoms in total. The lowest BCUT2D eigenvalue weighted by molar-refractivity contribution is 0.548. The van der Waals surface area contributed by atoms with Crippen LogP contribution in [0.3, 0.4) is 0 Å². The number of aromatic nitrogens is 2.